The van der Waals surface area contributed by atoms with Crippen molar-refractivity contribution in [1.82, 2.24) is 14.9 Å². The Kier molecular flexibility index (Phi) is 5.86. The van der Waals surface area contributed by atoms with Crippen LogP contribution in [0.2, 0.25) is 0 Å². The Balaban J connectivity index is 1.65. The average molecular weight is 441 g/mol. The number of alkyl halides is 3. The molecule has 0 bridgehead atoms. The summed E-state index contributed by atoms with van der Waals surface area (Å²) < 4.78 is 43.7. The summed E-state index contributed by atoms with van der Waals surface area (Å²) in [6.45, 7) is 2.72. The molecule has 4 rings (SSSR count). The van der Waals surface area contributed by atoms with Gasteiger partial charge in [0.1, 0.15) is 11.6 Å². The van der Waals surface area contributed by atoms with E-state index in [2.05, 4.69) is 4.98 Å². The Morgan fingerprint density at radius 3 is 2.34 bits per heavy atom. The van der Waals surface area contributed by atoms with E-state index >= 15 is 0 Å². The van der Waals surface area contributed by atoms with Gasteiger partial charge < -0.3 is 9.64 Å². The Morgan fingerprint density at radius 2 is 1.75 bits per heavy atom. The molecule has 0 atom stereocenters. The van der Waals surface area contributed by atoms with Gasteiger partial charge in [-0.15, -0.1) is 0 Å². The Morgan fingerprint density at radius 1 is 1.06 bits per heavy atom. The second-order valence-electron chi connectivity index (χ2n) is 7.55. The van der Waals surface area contributed by atoms with Crippen LogP contribution in [-0.4, -0.2) is 34.4 Å². The number of amides is 1. The van der Waals surface area contributed by atoms with Crippen LogP contribution in [0.15, 0.2) is 48.5 Å². The topological polar surface area (TPSA) is 55.3 Å². The summed E-state index contributed by atoms with van der Waals surface area (Å²) in [4.78, 5) is 24.0. The first kappa shape index (κ1) is 21.8. The van der Waals surface area contributed by atoms with Gasteiger partial charge >= 0.3 is 6.18 Å². The molecule has 0 saturated heterocycles. The summed E-state index contributed by atoms with van der Waals surface area (Å²) in [5.74, 6) is 1.15. The number of benzene rings is 2. The van der Waals surface area contributed by atoms with Gasteiger partial charge in [0.05, 0.1) is 24.1 Å². The van der Waals surface area contributed by atoms with Crippen molar-refractivity contribution in [2.24, 2.45) is 0 Å². The first-order valence-electron chi connectivity index (χ1n) is 10.3. The predicted molar refractivity (Wildman–Crippen MR) is 113 cm³/mol. The van der Waals surface area contributed by atoms with E-state index in [1.165, 1.54) is 12.1 Å². The maximum absolute atomic E-state index is 13.0. The van der Waals surface area contributed by atoms with Gasteiger partial charge in [0, 0.05) is 42.6 Å². The highest BCUT2D eigenvalue weighted by molar-refractivity contribution is 5.94. The molecule has 0 radical (unpaired) electrons. The highest BCUT2D eigenvalue weighted by atomic mass is 19.4. The number of ether oxygens (including phenoxy) is 1. The molecule has 0 aliphatic carbocycles. The molecule has 0 fully saturated rings. The first-order chi connectivity index (χ1) is 15.3. The molecule has 1 aromatic heterocycles. The zero-order chi connectivity index (χ0) is 22.9. The number of fused-ring (bicyclic) bond motifs is 1. The Labute approximate surface area is 183 Å². The molecule has 2 aromatic carbocycles. The van der Waals surface area contributed by atoms with Crippen molar-refractivity contribution < 1.29 is 22.7 Å². The van der Waals surface area contributed by atoms with Gasteiger partial charge in [-0.3, -0.25) is 4.79 Å². The number of rotatable bonds is 4. The van der Waals surface area contributed by atoms with E-state index in [0.717, 1.165) is 46.2 Å². The highest BCUT2D eigenvalue weighted by Crippen LogP contribution is 2.31. The van der Waals surface area contributed by atoms with Crippen molar-refractivity contribution >= 4 is 5.91 Å². The van der Waals surface area contributed by atoms with Crippen molar-refractivity contribution in [2.75, 3.05) is 13.7 Å². The maximum atomic E-state index is 13.0. The van der Waals surface area contributed by atoms with Crippen molar-refractivity contribution in [3.05, 3.63) is 76.7 Å². The molecule has 166 valence electrons. The van der Waals surface area contributed by atoms with Crippen molar-refractivity contribution in [3.8, 4) is 17.0 Å². The summed E-state index contributed by atoms with van der Waals surface area (Å²) >= 11 is 0. The number of carbonyl (C=O) groups excluding carboxylic acids is 1. The lowest BCUT2D eigenvalue weighted by molar-refractivity contribution is -0.137. The van der Waals surface area contributed by atoms with Crippen molar-refractivity contribution in [1.29, 1.82) is 0 Å². The summed E-state index contributed by atoms with van der Waals surface area (Å²) in [7, 11) is 1.60. The molecule has 0 unspecified atom stereocenters. The fourth-order valence-corrected chi connectivity index (χ4v) is 3.77. The van der Waals surface area contributed by atoms with Crippen LogP contribution in [0.3, 0.4) is 0 Å². The van der Waals surface area contributed by atoms with Gasteiger partial charge in [0.15, 0.2) is 0 Å². The minimum absolute atomic E-state index is 0.221. The quantitative estimate of drug-likeness (QED) is 0.576. The minimum Gasteiger partial charge on any atom is -0.497 e. The molecule has 2 heterocycles. The SMILES string of the molecule is CCc1nc2c(c(-c3ccc(OC)cc3)n1)CN(C(=O)c1ccc(C(F)(F)F)cc1)CC2. The molecule has 0 N–H and O–H groups in total. The summed E-state index contributed by atoms with van der Waals surface area (Å²) in [5, 5.41) is 0. The van der Waals surface area contributed by atoms with Crippen LogP contribution in [0, 0.1) is 0 Å². The standard InChI is InChI=1S/C24H22F3N3O2/c1-3-21-28-20-12-13-30(23(31)16-4-8-17(9-5-16)24(25,26)27)14-19(20)22(29-21)15-6-10-18(32-2)11-7-15/h4-11H,3,12-14H2,1-2H3. The van der Waals surface area contributed by atoms with E-state index in [1.54, 1.807) is 12.0 Å². The highest BCUT2D eigenvalue weighted by Gasteiger charge is 2.31. The smallest absolute Gasteiger partial charge is 0.416 e. The third-order valence-corrected chi connectivity index (χ3v) is 5.53. The van der Waals surface area contributed by atoms with Gasteiger partial charge in [-0.25, -0.2) is 9.97 Å². The van der Waals surface area contributed by atoms with Crippen LogP contribution >= 0.6 is 0 Å². The van der Waals surface area contributed by atoms with E-state index in [0.29, 0.717) is 25.9 Å². The number of aromatic nitrogens is 2. The molecule has 0 spiro atoms. The van der Waals surface area contributed by atoms with Crippen LogP contribution in [0.1, 0.15) is 39.9 Å². The largest absolute Gasteiger partial charge is 0.497 e. The van der Waals surface area contributed by atoms with Gasteiger partial charge in [-0.1, -0.05) is 6.92 Å². The molecule has 3 aromatic rings. The number of aryl methyl sites for hydroxylation is 1. The van der Waals surface area contributed by atoms with Crippen molar-refractivity contribution in [2.45, 2.75) is 32.5 Å². The Bertz CT molecular complexity index is 1130. The first-order valence-corrected chi connectivity index (χ1v) is 10.3. The van der Waals surface area contributed by atoms with Gasteiger partial charge in [0.2, 0.25) is 0 Å². The van der Waals surface area contributed by atoms with E-state index in [1.807, 2.05) is 31.2 Å². The van der Waals surface area contributed by atoms with E-state index < -0.39 is 11.7 Å². The number of hydrogen-bond acceptors (Lipinski definition) is 4. The lowest BCUT2D eigenvalue weighted by Crippen LogP contribution is -2.37. The third kappa shape index (κ3) is 4.30. The molecule has 5 nitrogen and oxygen atoms in total. The molecule has 1 aliphatic rings. The second kappa shape index (κ2) is 8.61. The van der Waals surface area contributed by atoms with Crippen LogP contribution in [0.4, 0.5) is 13.2 Å². The zero-order valence-corrected chi connectivity index (χ0v) is 17.7. The molecule has 32 heavy (non-hydrogen) atoms. The second-order valence-corrected chi connectivity index (χ2v) is 7.55. The lowest BCUT2D eigenvalue weighted by Gasteiger charge is -2.30. The maximum Gasteiger partial charge on any atom is 0.416 e. The Hall–Kier alpha value is -3.42. The molecule has 8 heteroatoms. The number of nitrogens with zero attached hydrogens (tertiary/aromatic N) is 3. The van der Waals surface area contributed by atoms with Crippen LogP contribution < -0.4 is 4.74 Å². The molecular weight excluding hydrogens is 419 g/mol. The fourth-order valence-electron chi connectivity index (χ4n) is 3.77. The van der Waals surface area contributed by atoms with Crippen LogP contribution in [-0.2, 0) is 25.6 Å². The zero-order valence-electron chi connectivity index (χ0n) is 17.7. The van der Waals surface area contributed by atoms with Gasteiger partial charge in [0.25, 0.3) is 5.91 Å². The summed E-state index contributed by atoms with van der Waals surface area (Å²) in [5.41, 5.74) is 2.86. The third-order valence-electron chi connectivity index (χ3n) is 5.53. The molecule has 1 amide bonds. The normalized spacial score (nSPS) is 13.6. The van der Waals surface area contributed by atoms with Crippen LogP contribution in [0.5, 0.6) is 5.75 Å². The molecule has 0 saturated carbocycles. The number of carbonyl (C=O) groups is 1. The monoisotopic (exact) mass is 441 g/mol. The van der Waals surface area contributed by atoms with E-state index in [-0.39, 0.29) is 11.5 Å². The predicted octanol–water partition coefficient (Wildman–Crippen LogP) is 4.93. The number of halogens is 3. The fraction of sp³-hybridized carbons (Fsp3) is 0.292. The molecule has 1 aliphatic heterocycles. The summed E-state index contributed by atoms with van der Waals surface area (Å²) in [6.07, 6.45) is -3.20. The molecular formula is C24H22F3N3O2. The van der Waals surface area contributed by atoms with Gasteiger partial charge in [-0.2, -0.15) is 13.2 Å². The lowest BCUT2D eigenvalue weighted by atomic mass is 9.98. The van der Waals surface area contributed by atoms with E-state index in [9.17, 15) is 18.0 Å². The minimum atomic E-state index is -4.44. The number of methoxy groups -OCH3 is 1. The van der Waals surface area contributed by atoms with Gasteiger partial charge in [-0.05, 0) is 48.5 Å². The van der Waals surface area contributed by atoms with E-state index in [4.69, 9.17) is 9.72 Å². The summed E-state index contributed by atoms with van der Waals surface area (Å²) in [6, 6.07) is 11.8. The van der Waals surface area contributed by atoms with Crippen LogP contribution in [0.25, 0.3) is 11.3 Å². The van der Waals surface area contributed by atoms with Crippen molar-refractivity contribution in [3.63, 3.8) is 0 Å². The average Bonchev–Trinajstić information content (AvgIpc) is 2.82. The number of hydrogen-bond donors (Lipinski definition) is 0.